The third-order valence-electron chi connectivity index (χ3n) is 5.34. The van der Waals surface area contributed by atoms with Crippen LogP contribution >= 0.6 is 0 Å². The van der Waals surface area contributed by atoms with Gasteiger partial charge in [0.25, 0.3) is 5.56 Å². The van der Waals surface area contributed by atoms with Gasteiger partial charge in [0.05, 0.1) is 24.2 Å². The lowest BCUT2D eigenvalue weighted by Gasteiger charge is -2.35. The fraction of sp³-hybridized carbons (Fsp3) is 0.560. The number of hydrogen-bond donors (Lipinski definition) is 2. The highest BCUT2D eigenvalue weighted by molar-refractivity contribution is 5.99. The van der Waals surface area contributed by atoms with Crippen LogP contribution in [0.15, 0.2) is 23.0 Å². The Morgan fingerprint density at radius 2 is 1.76 bits per heavy atom. The molecule has 1 aromatic heterocycles. The van der Waals surface area contributed by atoms with Crippen LogP contribution in [0.2, 0.25) is 0 Å². The smallest absolute Gasteiger partial charge is 0.408 e. The van der Waals surface area contributed by atoms with E-state index in [0.29, 0.717) is 35.4 Å². The molecule has 0 bridgehead atoms. The Hall–Kier alpha value is -3.03. The number of pyridine rings is 1. The minimum Gasteiger partial charge on any atom is -0.491 e. The lowest BCUT2D eigenvalue weighted by Crippen LogP contribution is -2.45. The van der Waals surface area contributed by atoms with Gasteiger partial charge in [-0.2, -0.15) is 0 Å². The number of benzene rings is 1. The molecule has 8 nitrogen and oxygen atoms in total. The Morgan fingerprint density at radius 1 is 1.12 bits per heavy atom. The first-order valence-electron chi connectivity index (χ1n) is 11.3. The van der Waals surface area contributed by atoms with Crippen LogP contribution < -0.4 is 16.0 Å². The highest BCUT2D eigenvalue weighted by Gasteiger charge is 2.31. The summed E-state index contributed by atoms with van der Waals surface area (Å²) in [6.07, 6.45) is 0.601. The number of amides is 2. The number of fused-ring (bicyclic) bond motifs is 1. The third-order valence-corrected chi connectivity index (χ3v) is 5.34. The SMILES string of the molecule is CCCCOc1c(CN(C(=O)O)C(C)(C)C)n(CC(C)(C)C)c(=O)c2ccc(C(N)=O)cc12. The monoisotopic (exact) mass is 459 g/mol. The molecule has 8 heteroatoms. The number of carbonyl (C=O) groups is 2. The summed E-state index contributed by atoms with van der Waals surface area (Å²) < 4.78 is 7.82. The number of primary amides is 1. The molecular formula is C25H37N3O5. The number of ether oxygens (including phenoxy) is 1. The van der Waals surface area contributed by atoms with Gasteiger partial charge < -0.3 is 20.1 Å². The highest BCUT2D eigenvalue weighted by Crippen LogP contribution is 2.33. The number of unbranched alkanes of at least 4 members (excludes halogenated alkanes) is 1. The molecule has 1 heterocycles. The quantitative estimate of drug-likeness (QED) is 0.560. The molecular weight excluding hydrogens is 422 g/mol. The first-order valence-corrected chi connectivity index (χ1v) is 11.3. The van der Waals surface area contributed by atoms with Crippen LogP contribution in [0.4, 0.5) is 4.79 Å². The molecule has 182 valence electrons. The summed E-state index contributed by atoms with van der Waals surface area (Å²) in [5.74, 6) is -0.195. The van der Waals surface area contributed by atoms with Crippen molar-refractivity contribution in [2.24, 2.45) is 11.1 Å². The Balaban J connectivity index is 2.94. The van der Waals surface area contributed by atoms with Crippen LogP contribution in [0.5, 0.6) is 5.75 Å². The van der Waals surface area contributed by atoms with Gasteiger partial charge in [-0.05, 0) is 50.8 Å². The van der Waals surface area contributed by atoms with Gasteiger partial charge in [-0.1, -0.05) is 34.1 Å². The van der Waals surface area contributed by atoms with Gasteiger partial charge in [0.2, 0.25) is 5.91 Å². The van der Waals surface area contributed by atoms with Gasteiger partial charge >= 0.3 is 6.09 Å². The maximum Gasteiger partial charge on any atom is 0.408 e. The number of rotatable bonds is 8. The van der Waals surface area contributed by atoms with Crippen LogP contribution in [-0.2, 0) is 13.1 Å². The van der Waals surface area contributed by atoms with Gasteiger partial charge in [0, 0.05) is 23.0 Å². The Morgan fingerprint density at radius 3 is 2.24 bits per heavy atom. The molecule has 0 fully saturated rings. The molecule has 0 aliphatic heterocycles. The van der Waals surface area contributed by atoms with E-state index in [1.807, 2.05) is 27.7 Å². The van der Waals surface area contributed by atoms with E-state index >= 15 is 0 Å². The summed E-state index contributed by atoms with van der Waals surface area (Å²) in [4.78, 5) is 38.9. The number of carbonyl (C=O) groups excluding carboxylic acids is 1. The van der Waals surface area contributed by atoms with Crippen LogP contribution in [0.1, 0.15) is 77.4 Å². The highest BCUT2D eigenvalue weighted by atomic mass is 16.5. The van der Waals surface area contributed by atoms with Gasteiger partial charge in [0.1, 0.15) is 5.75 Å². The molecule has 0 saturated carbocycles. The van der Waals surface area contributed by atoms with Crippen molar-refractivity contribution in [3.8, 4) is 5.75 Å². The van der Waals surface area contributed by atoms with Crippen LogP contribution in [0.25, 0.3) is 10.8 Å². The van der Waals surface area contributed by atoms with Crippen LogP contribution in [-0.4, -0.2) is 38.7 Å². The van der Waals surface area contributed by atoms with E-state index in [-0.39, 0.29) is 23.1 Å². The largest absolute Gasteiger partial charge is 0.491 e. The fourth-order valence-electron chi connectivity index (χ4n) is 3.64. The number of aromatic nitrogens is 1. The topological polar surface area (TPSA) is 115 Å². The molecule has 0 spiro atoms. The lowest BCUT2D eigenvalue weighted by atomic mass is 9.95. The fourth-order valence-corrected chi connectivity index (χ4v) is 3.64. The van der Waals surface area contributed by atoms with E-state index in [1.165, 1.54) is 11.0 Å². The molecule has 0 aliphatic rings. The average molecular weight is 460 g/mol. The molecule has 0 saturated heterocycles. The zero-order chi connectivity index (χ0) is 25.1. The standard InChI is InChI=1S/C25H37N3O5/c1-8-9-12-33-20-18-13-16(21(26)29)10-11-17(18)22(30)27(15-24(2,3)4)19(20)14-28(23(31)32)25(5,6)7/h10-11,13H,8-9,12,14-15H2,1-7H3,(H2,26,29)(H,31,32). The second kappa shape index (κ2) is 9.85. The summed E-state index contributed by atoms with van der Waals surface area (Å²) in [5, 5.41) is 10.8. The average Bonchev–Trinajstić information content (AvgIpc) is 2.67. The Labute approximate surface area is 195 Å². The minimum atomic E-state index is -1.09. The second-order valence-electron chi connectivity index (χ2n) is 10.6. The number of nitrogens with zero attached hydrogens (tertiary/aromatic N) is 2. The van der Waals surface area contributed by atoms with Gasteiger partial charge in [-0.3, -0.25) is 14.5 Å². The maximum atomic E-state index is 13.6. The zero-order valence-electron chi connectivity index (χ0n) is 20.8. The van der Waals surface area contributed by atoms with Gasteiger partial charge in [-0.15, -0.1) is 0 Å². The Kier molecular flexibility index (Phi) is 7.83. The van der Waals surface area contributed by atoms with Crippen molar-refractivity contribution in [3.05, 3.63) is 39.8 Å². The second-order valence-corrected chi connectivity index (χ2v) is 10.6. The minimum absolute atomic E-state index is 0.0393. The first kappa shape index (κ1) is 26.2. The zero-order valence-corrected chi connectivity index (χ0v) is 20.8. The van der Waals surface area contributed by atoms with Crippen LogP contribution in [0, 0.1) is 5.41 Å². The van der Waals surface area contributed by atoms with Crippen molar-refractivity contribution < 1.29 is 19.4 Å². The summed E-state index contributed by atoms with van der Waals surface area (Å²) in [7, 11) is 0. The number of nitrogens with two attached hydrogens (primary N) is 1. The van der Waals surface area contributed by atoms with E-state index in [1.54, 1.807) is 37.5 Å². The summed E-state index contributed by atoms with van der Waals surface area (Å²) >= 11 is 0. The molecule has 0 aliphatic carbocycles. The molecule has 2 rings (SSSR count). The summed E-state index contributed by atoms with van der Waals surface area (Å²) in [5.41, 5.74) is 5.00. The molecule has 3 N–H and O–H groups in total. The van der Waals surface area contributed by atoms with E-state index in [0.717, 1.165) is 12.8 Å². The predicted molar refractivity (Wildman–Crippen MR) is 130 cm³/mol. The molecule has 0 radical (unpaired) electrons. The molecule has 0 atom stereocenters. The van der Waals surface area contributed by atoms with Gasteiger partial charge in [0.15, 0.2) is 0 Å². The van der Waals surface area contributed by atoms with E-state index < -0.39 is 17.5 Å². The number of hydrogen-bond acceptors (Lipinski definition) is 4. The summed E-state index contributed by atoms with van der Waals surface area (Å²) in [6, 6.07) is 4.68. The van der Waals surface area contributed by atoms with Crippen molar-refractivity contribution in [2.75, 3.05) is 6.61 Å². The van der Waals surface area contributed by atoms with E-state index in [9.17, 15) is 19.5 Å². The molecule has 1 aromatic carbocycles. The lowest BCUT2D eigenvalue weighted by molar-refractivity contribution is 0.0923. The third kappa shape index (κ3) is 6.27. The summed E-state index contributed by atoms with van der Waals surface area (Å²) in [6.45, 7) is 14.2. The molecule has 2 aromatic rings. The van der Waals surface area contributed by atoms with Crippen molar-refractivity contribution >= 4 is 22.8 Å². The Bertz CT molecular complexity index is 1090. The van der Waals surface area contributed by atoms with Crippen molar-refractivity contribution in [1.29, 1.82) is 0 Å². The first-order chi connectivity index (χ1) is 15.2. The predicted octanol–water partition coefficient (Wildman–Crippen LogP) is 4.60. The van der Waals surface area contributed by atoms with Crippen molar-refractivity contribution in [2.45, 2.75) is 79.9 Å². The maximum absolute atomic E-state index is 13.6. The molecule has 0 unspecified atom stereocenters. The van der Waals surface area contributed by atoms with Crippen LogP contribution in [0.3, 0.4) is 0 Å². The van der Waals surface area contributed by atoms with Crippen molar-refractivity contribution in [1.82, 2.24) is 9.47 Å². The molecule has 2 amide bonds. The van der Waals surface area contributed by atoms with Crippen molar-refractivity contribution in [3.63, 3.8) is 0 Å². The van der Waals surface area contributed by atoms with E-state index in [2.05, 4.69) is 0 Å². The van der Waals surface area contributed by atoms with Gasteiger partial charge in [-0.25, -0.2) is 4.79 Å². The molecule has 33 heavy (non-hydrogen) atoms. The van der Waals surface area contributed by atoms with E-state index in [4.69, 9.17) is 10.5 Å². The number of carboxylic acid groups (broad SMARTS) is 1. The normalized spacial score (nSPS) is 12.1.